The third kappa shape index (κ3) is 5.26. The molecule has 0 radical (unpaired) electrons. The lowest BCUT2D eigenvalue weighted by molar-refractivity contribution is -0.131. The maximum atomic E-state index is 12.8. The molecule has 1 amide bonds. The molecule has 10 heteroatoms. The van der Waals surface area contributed by atoms with E-state index < -0.39 is 15.5 Å². The SMILES string of the molecule is COCC/C=C1/CCC(C)N(Cc2ccccc2NS(=O)(=O)C(F)(F)F)C1=O. The number of ether oxygens (including phenoxy) is 1. The molecule has 0 bridgehead atoms. The second-order valence-corrected chi connectivity index (χ2v) is 8.21. The van der Waals surface area contributed by atoms with Crippen LogP contribution in [-0.4, -0.2) is 44.5 Å². The third-order valence-electron chi connectivity index (χ3n) is 4.52. The van der Waals surface area contributed by atoms with E-state index >= 15 is 0 Å². The van der Waals surface area contributed by atoms with Crippen LogP contribution < -0.4 is 4.72 Å². The van der Waals surface area contributed by atoms with Crippen molar-refractivity contribution >= 4 is 21.6 Å². The summed E-state index contributed by atoms with van der Waals surface area (Å²) < 4.78 is 67.6. The number of carbonyl (C=O) groups is 1. The minimum Gasteiger partial charge on any atom is -0.384 e. The Morgan fingerprint density at radius 3 is 2.64 bits per heavy atom. The number of amides is 1. The quantitative estimate of drug-likeness (QED) is 0.542. The van der Waals surface area contributed by atoms with E-state index in [1.165, 1.54) is 18.2 Å². The second-order valence-electron chi connectivity index (χ2n) is 6.54. The molecule has 1 aromatic carbocycles. The summed E-state index contributed by atoms with van der Waals surface area (Å²) in [6.45, 7) is 2.33. The molecule has 6 nitrogen and oxygen atoms in total. The smallest absolute Gasteiger partial charge is 0.384 e. The molecule has 0 spiro atoms. The molecule has 1 aliphatic rings. The molecule has 1 aromatic rings. The fourth-order valence-electron chi connectivity index (χ4n) is 2.92. The van der Waals surface area contributed by atoms with Gasteiger partial charge in [0.15, 0.2) is 0 Å². The number of methoxy groups -OCH3 is 1. The fraction of sp³-hybridized carbons (Fsp3) is 0.500. The molecule has 0 saturated carbocycles. The highest BCUT2D eigenvalue weighted by molar-refractivity contribution is 7.93. The van der Waals surface area contributed by atoms with Crippen LogP contribution in [0.25, 0.3) is 0 Å². The number of carbonyl (C=O) groups excluding carboxylic acids is 1. The monoisotopic (exact) mass is 420 g/mol. The van der Waals surface area contributed by atoms with Crippen LogP contribution in [0.2, 0.25) is 0 Å². The first-order valence-corrected chi connectivity index (χ1v) is 10.2. The number of rotatable bonds is 7. The van der Waals surface area contributed by atoms with Crippen LogP contribution in [0.15, 0.2) is 35.9 Å². The zero-order valence-electron chi connectivity index (χ0n) is 15.6. The Balaban J connectivity index is 2.25. The van der Waals surface area contributed by atoms with E-state index in [-0.39, 0.29) is 29.7 Å². The first-order valence-electron chi connectivity index (χ1n) is 8.72. The Morgan fingerprint density at radius 1 is 1.32 bits per heavy atom. The summed E-state index contributed by atoms with van der Waals surface area (Å²) in [6, 6.07) is 5.62. The van der Waals surface area contributed by atoms with Gasteiger partial charge < -0.3 is 9.64 Å². The third-order valence-corrected chi connectivity index (χ3v) is 5.62. The Hall–Kier alpha value is -2.07. The number of hydrogen-bond acceptors (Lipinski definition) is 4. The number of nitrogens with zero attached hydrogens (tertiary/aromatic N) is 1. The summed E-state index contributed by atoms with van der Waals surface area (Å²) in [7, 11) is -3.98. The average Bonchev–Trinajstić information content (AvgIpc) is 2.61. The van der Waals surface area contributed by atoms with Crippen molar-refractivity contribution in [3.05, 3.63) is 41.5 Å². The highest BCUT2D eigenvalue weighted by Gasteiger charge is 2.46. The first kappa shape index (κ1) is 22.2. The van der Waals surface area contributed by atoms with Crippen LogP contribution in [-0.2, 0) is 26.1 Å². The molecule has 0 aromatic heterocycles. The van der Waals surface area contributed by atoms with E-state index in [9.17, 15) is 26.4 Å². The first-order chi connectivity index (χ1) is 13.1. The van der Waals surface area contributed by atoms with Gasteiger partial charge in [-0.1, -0.05) is 24.3 Å². The van der Waals surface area contributed by atoms with Crippen LogP contribution >= 0.6 is 0 Å². The van der Waals surface area contributed by atoms with E-state index in [1.807, 2.05) is 13.0 Å². The molecule has 0 aliphatic carbocycles. The van der Waals surface area contributed by atoms with Gasteiger partial charge in [0.05, 0.1) is 5.69 Å². The number of nitrogens with one attached hydrogen (secondary N) is 1. The number of anilines is 1. The number of sulfonamides is 1. The van der Waals surface area contributed by atoms with Crippen molar-refractivity contribution in [2.75, 3.05) is 18.4 Å². The van der Waals surface area contributed by atoms with Gasteiger partial charge in [-0.25, -0.2) is 0 Å². The molecule has 2 rings (SSSR count). The van der Waals surface area contributed by atoms with Gasteiger partial charge in [-0.05, 0) is 37.8 Å². The van der Waals surface area contributed by atoms with Crippen molar-refractivity contribution in [3.8, 4) is 0 Å². The Kier molecular flexibility index (Phi) is 7.11. The Labute approximate surface area is 162 Å². The lowest BCUT2D eigenvalue weighted by Crippen LogP contribution is -2.42. The van der Waals surface area contributed by atoms with Crippen molar-refractivity contribution in [1.82, 2.24) is 4.90 Å². The van der Waals surface area contributed by atoms with Crippen LogP contribution in [0.4, 0.5) is 18.9 Å². The van der Waals surface area contributed by atoms with Gasteiger partial charge in [0.2, 0.25) is 5.91 Å². The van der Waals surface area contributed by atoms with E-state index in [0.717, 1.165) is 0 Å². The van der Waals surface area contributed by atoms with Crippen LogP contribution in [0.3, 0.4) is 0 Å². The topological polar surface area (TPSA) is 75.7 Å². The molecular weight excluding hydrogens is 397 g/mol. The number of para-hydroxylation sites is 1. The van der Waals surface area contributed by atoms with E-state index in [4.69, 9.17) is 4.74 Å². The summed E-state index contributed by atoms with van der Waals surface area (Å²) in [5.41, 5.74) is -4.71. The number of hydrogen-bond donors (Lipinski definition) is 1. The van der Waals surface area contributed by atoms with Gasteiger partial charge in [0.1, 0.15) is 0 Å². The molecule has 156 valence electrons. The van der Waals surface area contributed by atoms with Crippen molar-refractivity contribution in [3.63, 3.8) is 0 Å². The lowest BCUT2D eigenvalue weighted by atomic mass is 9.96. The largest absolute Gasteiger partial charge is 0.516 e. The zero-order chi connectivity index (χ0) is 20.9. The molecule has 1 heterocycles. The Bertz CT molecular complexity index is 837. The molecule has 1 unspecified atom stereocenters. The van der Waals surface area contributed by atoms with E-state index in [1.54, 1.807) is 22.8 Å². The molecule has 1 aliphatic heterocycles. The molecule has 1 atom stereocenters. The number of alkyl halides is 3. The standard InChI is InChI=1S/C18H23F3N2O4S/c1-13-9-10-14(7-5-11-27-2)17(24)23(13)12-15-6-3-4-8-16(15)22-28(25,26)18(19,20)21/h3-4,6-8,13,22H,5,9-12H2,1-2H3/b14-7-. The number of piperidine rings is 1. The van der Waals surface area contributed by atoms with Crippen LogP contribution in [0.5, 0.6) is 0 Å². The molecule has 1 fully saturated rings. The summed E-state index contributed by atoms with van der Waals surface area (Å²) in [5, 5.41) is 0. The van der Waals surface area contributed by atoms with Crippen molar-refractivity contribution < 1.29 is 31.1 Å². The number of likely N-dealkylation sites (tertiary alicyclic amines) is 1. The molecular formula is C18H23F3N2O4S. The average molecular weight is 420 g/mol. The molecule has 28 heavy (non-hydrogen) atoms. The Morgan fingerprint density at radius 2 is 2.00 bits per heavy atom. The normalized spacial score (nSPS) is 19.9. The van der Waals surface area contributed by atoms with Gasteiger partial charge in [-0.2, -0.15) is 21.6 Å². The highest BCUT2D eigenvalue weighted by atomic mass is 32.2. The molecule has 1 N–H and O–H groups in total. The van der Waals surface area contributed by atoms with E-state index in [2.05, 4.69) is 0 Å². The fourth-order valence-corrected chi connectivity index (χ4v) is 3.53. The number of halogens is 3. The van der Waals surface area contributed by atoms with Gasteiger partial charge in [-0.15, -0.1) is 0 Å². The van der Waals surface area contributed by atoms with Gasteiger partial charge in [0.25, 0.3) is 0 Å². The van der Waals surface area contributed by atoms with Crippen molar-refractivity contribution in [2.24, 2.45) is 0 Å². The van der Waals surface area contributed by atoms with E-state index in [0.29, 0.717) is 31.4 Å². The minimum absolute atomic E-state index is 0.00182. The van der Waals surface area contributed by atoms with Gasteiger partial charge in [-0.3, -0.25) is 9.52 Å². The lowest BCUT2D eigenvalue weighted by Gasteiger charge is -2.35. The highest BCUT2D eigenvalue weighted by Crippen LogP contribution is 2.30. The zero-order valence-corrected chi connectivity index (χ0v) is 16.4. The number of benzene rings is 1. The van der Waals surface area contributed by atoms with Crippen LogP contribution in [0, 0.1) is 0 Å². The van der Waals surface area contributed by atoms with Crippen LogP contribution in [0.1, 0.15) is 31.7 Å². The van der Waals surface area contributed by atoms with Crippen molar-refractivity contribution in [2.45, 2.75) is 44.3 Å². The minimum atomic E-state index is -5.55. The predicted octanol–water partition coefficient (Wildman–Crippen LogP) is 3.42. The summed E-state index contributed by atoms with van der Waals surface area (Å²) >= 11 is 0. The van der Waals surface area contributed by atoms with Gasteiger partial charge in [0, 0.05) is 31.9 Å². The summed E-state index contributed by atoms with van der Waals surface area (Å²) in [6.07, 6.45) is 3.72. The van der Waals surface area contributed by atoms with Crippen molar-refractivity contribution in [1.29, 1.82) is 0 Å². The van der Waals surface area contributed by atoms with Gasteiger partial charge >= 0.3 is 15.5 Å². The maximum absolute atomic E-state index is 12.8. The predicted molar refractivity (Wildman–Crippen MR) is 98.9 cm³/mol. The maximum Gasteiger partial charge on any atom is 0.516 e. The summed E-state index contributed by atoms with van der Waals surface area (Å²) in [5.74, 6) is -0.205. The second kappa shape index (κ2) is 8.95. The summed E-state index contributed by atoms with van der Waals surface area (Å²) in [4.78, 5) is 14.3. The molecule has 1 saturated heterocycles.